The van der Waals surface area contributed by atoms with Gasteiger partial charge in [-0.3, -0.25) is 4.90 Å². The van der Waals surface area contributed by atoms with Gasteiger partial charge in [-0.1, -0.05) is 49.5 Å². The predicted molar refractivity (Wildman–Crippen MR) is 112 cm³/mol. The second kappa shape index (κ2) is 8.94. The summed E-state index contributed by atoms with van der Waals surface area (Å²) in [5.41, 5.74) is 4.43. The molecular weight excluding hydrogens is 318 g/mol. The lowest BCUT2D eigenvalue weighted by Crippen LogP contribution is -2.45. The number of para-hydroxylation sites is 2. The van der Waals surface area contributed by atoms with E-state index in [9.17, 15) is 0 Å². The minimum absolute atomic E-state index is 0.695. The first-order valence-electron chi connectivity index (χ1n) is 10.9. The smallest absolute Gasteiger partial charge is 0.0880 e. The van der Waals surface area contributed by atoms with Crippen molar-refractivity contribution in [1.29, 1.82) is 0 Å². The highest BCUT2D eigenvalue weighted by Gasteiger charge is 2.28. The van der Waals surface area contributed by atoms with Crippen LogP contribution in [0, 0.1) is 0 Å². The van der Waals surface area contributed by atoms with Gasteiger partial charge in [0.15, 0.2) is 0 Å². The number of anilines is 2. The van der Waals surface area contributed by atoms with E-state index in [0.29, 0.717) is 6.04 Å². The molecule has 0 spiro atoms. The molecule has 1 aliphatic carbocycles. The van der Waals surface area contributed by atoms with E-state index >= 15 is 0 Å². The molecular formula is C23H35N3. The highest BCUT2D eigenvalue weighted by Crippen LogP contribution is 2.34. The Labute approximate surface area is 159 Å². The number of fused-ring (bicyclic) bond motifs is 1. The Morgan fingerprint density at radius 1 is 0.923 bits per heavy atom. The van der Waals surface area contributed by atoms with Crippen LogP contribution in [0.1, 0.15) is 64.2 Å². The summed E-state index contributed by atoms with van der Waals surface area (Å²) in [7, 11) is 0. The van der Waals surface area contributed by atoms with Crippen molar-refractivity contribution in [3.63, 3.8) is 0 Å². The van der Waals surface area contributed by atoms with Crippen molar-refractivity contribution < 1.29 is 0 Å². The number of likely N-dealkylation sites (tertiary alicyclic amines) is 1. The quantitative estimate of drug-likeness (QED) is 0.734. The average molecular weight is 354 g/mol. The monoisotopic (exact) mass is 353 g/mol. The van der Waals surface area contributed by atoms with Crippen LogP contribution in [0.15, 0.2) is 35.9 Å². The molecule has 0 atom stereocenters. The lowest BCUT2D eigenvalue weighted by Gasteiger charge is -2.38. The van der Waals surface area contributed by atoms with Crippen molar-refractivity contribution in [3.05, 3.63) is 35.9 Å². The molecule has 3 heteroatoms. The van der Waals surface area contributed by atoms with E-state index in [1.54, 1.807) is 5.57 Å². The molecule has 1 N–H and O–H groups in total. The summed E-state index contributed by atoms with van der Waals surface area (Å²) in [6, 6.07) is 9.47. The van der Waals surface area contributed by atoms with Crippen LogP contribution >= 0.6 is 0 Å². The fraction of sp³-hybridized carbons (Fsp3) is 0.652. The van der Waals surface area contributed by atoms with Gasteiger partial charge in [0.05, 0.1) is 18.0 Å². The Balaban J connectivity index is 1.29. The molecule has 1 fully saturated rings. The molecule has 0 radical (unpaired) electrons. The number of hydrogen-bond donors (Lipinski definition) is 1. The fourth-order valence-electron chi connectivity index (χ4n) is 4.89. The van der Waals surface area contributed by atoms with Crippen molar-refractivity contribution >= 4 is 11.4 Å². The molecule has 26 heavy (non-hydrogen) atoms. The highest BCUT2D eigenvalue weighted by molar-refractivity contribution is 5.74. The highest BCUT2D eigenvalue weighted by atomic mass is 15.3. The van der Waals surface area contributed by atoms with E-state index in [0.717, 1.165) is 6.67 Å². The SMILES string of the molecule is C1=C(CN2CCC(N3CNc4ccccc43)CC2)CCCCCCCC1. The summed E-state index contributed by atoms with van der Waals surface area (Å²) in [6.07, 6.45) is 16.4. The summed E-state index contributed by atoms with van der Waals surface area (Å²) in [5.74, 6) is 0. The zero-order valence-electron chi connectivity index (χ0n) is 16.3. The van der Waals surface area contributed by atoms with Crippen molar-refractivity contribution in [3.8, 4) is 0 Å². The zero-order valence-corrected chi connectivity index (χ0v) is 16.3. The van der Waals surface area contributed by atoms with Gasteiger partial charge in [0.25, 0.3) is 0 Å². The number of nitrogens with one attached hydrogen (secondary N) is 1. The first kappa shape index (κ1) is 17.9. The number of piperidine rings is 1. The van der Waals surface area contributed by atoms with E-state index in [1.165, 1.54) is 95.2 Å². The third-order valence-corrected chi connectivity index (χ3v) is 6.46. The lowest BCUT2D eigenvalue weighted by atomic mass is 9.98. The number of rotatable bonds is 3. The van der Waals surface area contributed by atoms with Crippen LogP contribution in [0.3, 0.4) is 0 Å². The molecule has 142 valence electrons. The maximum Gasteiger partial charge on any atom is 0.0880 e. The minimum Gasteiger partial charge on any atom is -0.366 e. The maximum atomic E-state index is 3.55. The van der Waals surface area contributed by atoms with Gasteiger partial charge in [0, 0.05) is 25.7 Å². The van der Waals surface area contributed by atoms with E-state index in [4.69, 9.17) is 0 Å². The van der Waals surface area contributed by atoms with Crippen molar-refractivity contribution in [2.75, 3.05) is 36.5 Å². The Hall–Kier alpha value is -1.48. The molecule has 1 aromatic carbocycles. The van der Waals surface area contributed by atoms with Crippen LogP contribution in [-0.2, 0) is 0 Å². The van der Waals surface area contributed by atoms with Crippen LogP contribution in [0.2, 0.25) is 0 Å². The summed E-state index contributed by atoms with van der Waals surface area (Å²) >= 11 is 0. The molecule has 4 rings (SSSR count). The molecule has 2 heterocycles. The summed E-state index contributed by atoms with van der Waals surface area (Å²) in [6.45, 7) is 4.71. The molecule has 0 saturated carbocycles. The fourth-order valence-corrected chi connectivity index (χ4v) is 4.89. The molecule has 1 saturated heterocycles. The van der Waals surface area contributed by atoms with Gasteiger partial charge in [-0.25, -0.2) is 0 Å². The standard InChI is InChI=1S/C23H35N3/c1-2-4-6-10-20(11-7-5-3-1)18-25-16-14-21(15-17-25)26-19-24-22-12-8-9-13-23(22)26/h8-10,12-13,21,24H,1-7,11,14-19H2. The number of benzene rings is 1. The largest absolute Gasteiger partial charge is 0.366 e. The molecule has 0 unspecified atom stereocenters. The maximum absolute atomic E-state index is 3.55. The zero-order chi connectivity index (χ0) is 17.6. The second-order valence-corrected chi connectivity index (χ2v) is 8.35. The summed E-state index contributed by atoms with van der Waals surface area (Å²) < 4.78 is 0. The number of allylic oxidation sites excluding steroid dienone is 1. The Morgan fingerprint density at radius 2 is 1.69 bits per heavy atom. The molecule has 0 bridgehead atoms. The van der Waals surface area contributed by atoms with E-state index in [-0.39, 0.29) is 0 Å². The Bertz CT molecular complexity index is 601. The van der Waals surface area contributed by atoms with Crippen molar-refractivity contribution in [1.82, 2.24) is 4.90 Å². The minimum atomic E-state index is 0.695. The van der Waals surface area contributed by atoms with Crippen LogP contribution in [-0.4, -0.2) is 37.2 Å². The lowest BCUT2D eigenvalue weighted by molar-refractivity contribution is 0.223. The third kappa shape index (κ3) is 4.43. The van der Waals surface area contributed by atoms with Crippen molar-refractivity contribution in [2.45, 2.75) is 70.3 Å². The summed E-state index contributed by atoms with van der Waals surface area (Å²) in [4.78, 5) is 5.30. The molecule has 0 aromatic heterocycles. The average Bonchev–Trinajstić information content (AvgIpc) is 3.12. The van der Waals surface area contributed by atoms with Crippen LogP contribution in [0.4, 0.5) is 11.4 Å². The summed E-state index contributed by atoms with van der Waals surface area (Å²) in [5, 5.41) is 3.55. The first-order chi connectivity index (χ1) is 12.9. The van der Waals surface area contributed by atoms with E-state index in [2.05, 4.69) is 45.5 Å². The molecule has 3 aliphatic rings. The Morgan fingerprint density at radius 3 is 2.58 bits per heavy atom. The second-order valence-electron chi connectivity index (χ2n) is 8.35. The van der Waals surface area contributed by atoms with Gasteiger partial charge in [0.2, 0.25) is 0 Å². The van der Waals surface area contributed by atoms with Gasteiger partial charge >= 0.3 is 0 Å². The molecule has 0 amide bonds. The number of hydrogen-bond acceptors (Lipinski definition) is 3. The van der Waals surface area contributed by atoms with Crippen LogP contribution < -0.4 is 10.2 Å². The predicted octanol–water partition coefficient (Wildman–Crippen LogP) is 5.40. The van der Waals surface area contributed by atoms with E-state index < -0.39 is 0 Å². The van der Waals surface area contributed by atoms with Crippen molar-refractivity contribution in [2.24, 2.45) is 0 Å². The van der Waals surface area contributed by atoms with Crippen LogP contribution in [0.25, 0.3) is 0 Å². The first-order valence-corrected chi connectivity index (χ1v) is 10.9. The van der Waals surface area contributed by atoms with Gasteiger partial charge in [-0.15, -0.1) is 0 Å². The topological polar surface area (TPSA) is 18.5 Å². The third-order valence-electron chi connectivity index (χ3n) is 6.46. The van der Waals surface area contributed by atoms with Gasteiger partial charge < -0.3 is 10.2 Å². The Kier molecular flexibility index (Phi) is 6.16. The van der Waals surface area contributed by atoms with E-state index in [1.807, 2.05) is 0 Å². The normalized spacial score (nSPS) is 23.2. The van der Waals surface area contributed by atoms with Crippen LogP contribution in [0.5, 0.6) is 0 Å². The van der Waals surface area contributed by atoms with Gasteiger partial charge in [0.1, 0.15) is 0 Å². The molecule has 2 aliphatic heterocycles. The van der Waals surface area contributed by atoms with Gasteiger partial charge in [-0.2, -0.15) is 0 Å². The number of nitrogens with zero attached hydrogens (tertiary/aromatic N) is 2. The van der Waals surface area contributed by atoms with Gasteiger partial charge in [-0.05, 0) is 50.7 Å². The molecule has 3 nitrogen and oxygen atoms in total. The molecule has 1 aromatic rings.